The molecule has 0 spiro atoms. The standard InChI is InChI=1S/C12H18N6O/c1-18-16-12(15-17-18)8-10(14-13)7-9-5-3-4-6-11(9)19-2/h3-6,10,14H,7-8,13H2,1-2H3. The zero-order valence-electron chi connectivity index (χ0n) is 11.1. The van der Waals surface area contributed by atoms with Gasteiger partial charge in [-0.25, -0.2) is 0 Å². The van der Waals surface area contributed by atoms with E-state index < -0.39 is 0 Å². The lowest BCUT2D eigenvalue weighted by Gasteiger charge is -2.15. The van der Waals surface area contributed by atoms with Crippen LogP contribution in [0.5, 0.6) is 5.75 Å². The smallest absolute Gasteiger partial charge is 0.176 e. The van der Waals surface area contributed by atoms with E-state index in [1.54, 1.807) is 14.2 Å². The van der Waals surface area contributed by atoms with Crippen LogP contribution >= 0.6 is 0 Å². The van der Waals surface area contributed by atoms with Crippen molar-refractivity contribution in [1.29, 1.82) is 0 Å². The minimum Gasteiger partial charge on any atom is -0.496 e. The van der Waals surface area contributed by atoms with Crippen LogP contribution in [0.4, 0.5) is 0 Å². The SMILES string of the molecule is COc1ccccc1CC(Cc1nnn(C)n1)NN. The Kier molecular flexibility index (Phi) is 4.43. The van der Waals surface area contributed by atoms with E-state index >= 15 is 0 Å². The number of hydrogen-bond donors (Lipinski definition) is 2. The first-order valence-electron chi connectivity index (χ1n) is 6.04. The Morgan fingerprint density at radius 3 is 2.79 bits per heavy atom. The number of nitrogens with two attached hydrogens (primary N) is 1. The molecule has 0 radical (unpaired) electrons. The summed E-state index contributed by atoms with van der Waals surface area (Å²) in [5, 5.41) is 11.9. The summed E-state index contributed by atoms with van der Waals surface area (Å²) in [4.78, 5) is 1.44. The molecule has 1 unspecified atom stereocenters. The monoisotopic (exact) mass is 262 g/mol. The fraction of sp³-hybridized carbons (Fsp3) is 0.417. The highest BCUT2D eigenvalue weighted by molar-refractivity contribution is 5.33. The van der Waals surface area contributed by atoms with E-state index in [0.29, 0.717) is 12.2 Å². The van der Waals surface area contributed by atoms with Crippen LogP contribution in [0.25, 0.3) is 0 Å². The zero-order valence-corrected chi connectivity index (χ0v) is 11.1. The highest BCUT2D eigenvalue weighted by Gasteiger charge is 2.14. The molecule has 0 saturated heterocycles. The van der Waals surface area contributed by atoms with E-state index in [0.717, 1.165) is 17.7 Å². The van der Waals surface area contributed by atoms with Crippen LogP contribution in [-0.2, 0) is 19.9 Å². The number of ether oxygens (including phenoxy) is 1. The summed E-state index contributed by atoms with van der Waals surface area (Å²) in [5.41, 5.74) is 3.88. The number of benzene rings is 1. The molecule has 0 aliphatic carbocycles. The van der Waals surface area contributed by atoms with Gasteiger partial charge < -0.3 is 4.74 Å². The summed E-state index contributed by atoms with van der Waals surface area (Å²) in [6.07, 6.45) is 1.35. The van der Waals surface area contributed by atoms with E-state index in [1.165, 1.54) is 4.80 Å². The highest BCUT2D eigenvalue weighted by atomic mass is 16.5. The van der Waals surface area contributed by atoms with Crippen molar-refractivity contribution in [1.82, 2.24) is 25.6 Å². The summed E-state index contributed by atoms with van der Waals surface area (Å²) in [6.45, 7) is 0. The van der Waals surface area contributed by atoms with Gasteiger partial charge in [-0.1, -0.05) is 18.2 Å². The van der Waals surface area contributed by atoms with E-state index in [1.807, 2.05) is 24.3 Å². The molecule has 7 nitrogen and oxygen atoms in total. The van der Waals surface area contributed by atoms with Crippen molar-refractivity contribution in [3.63, 3.8) is 0 Å². The van der Waals surface area contributed by atoms with Gasteiger partial charge in [-0.05, 0) is 23.3 Å². The van der Waals surface area contributed by atoms with Gasteiger partial charge in [0.1, 0.15) is 5.75 Å². The van der Waals surface area contributed by atoms with Gasteiger partial charge in [0.25, 0.3) is 0 Å². The number of aryl methyl sites for hydroxylation is 1. The van der Waals surface area contributed by atoms with Gasteiger partial charge in [0.05, 0.1) is 14.2 Å². The van der Waals surface area contributed by atoms with Gasteiger partial charge in [-0.2, -0.15) is 4.80 Å². The molecule has 0 aliphatic heterocycles. The zero-order chi connectivity index (χ0) is 13.7. The van der Waals surface area contributed by atoms with Gasteiger partial charge in [-0.3, -0.25) is 11.3 Å². The third-order valence-electron chi connectivity index (χ3n) is 2.87. The number of nitrogens with one attached hydrogen (secondary N) is 1. The number of nitrogens with zero attached hydrogens (tertiary/aromatic N) is 4. The number of para-hydroxylation sites is 1. The number of hydrazine groups is 1. The third-order valence-corrected chi connectivity index (χ3v) is 2.87. The fourth-order valence-corrected chi connectivity index (χ4v) is 1.95. The van der Waals surface area contributed by atoms with Crippen molar-refractivity contribution in [3.8, 4) is 5.75 Å². The van der Waals surface area contributed by atoms with Crippen LogP contribution in [0.1, 0.15) is 11.4 Å². The largest absolute Gasteiger partial charge is 0.496 e. The molecular weight excluding hydrogens is 244 g/mol. The Labute approximate surface area is 111 Å². The summed E-state index contributed by atoms with van der Waals surface area (Å²) < 4.78 is 5.33. The van der Waals surface area contributed by atoms with E-state index in [9.17, 15) is 0 Å². The lowest BCUT2D eigenvalue weighted by atomic mass is 10.0. The molecule has 1 aromatic carbocycles. The molecule has 1 aromatic heterocycles. The average Bonchev–Trinajstić information content (AvgIpc) is 2.84. The van der Waals surface area contributed by atoms with Crippen molar-refractivity contribution in [2.75, 3.05) is 7.11 Å². The van der Waals surface area contributed by atoms with E-state index in [-0.39, 0.29) is 6.04 Å². The van der Waals surface area contributed by atoms with Crippen LogP contribution in [0.15, 0.2) is 24.3 Å². The molecule has 7 heteroatoms. The van der Waals surface area contributed by atoms with Crippen LogP contribution < -0.4 is 16.0 Å². The number of hydrogen-bond acceptors (Lipinski definition) is 6. The summed E-state index contributed by atoms with van der Waals surface area (Å²) in [7, 11) is 3.40. The van der Waals surface area contributed by atoms with Gasteiger partial charge in [0.15, 0.2) is 5.82 Å². The minimum atomic E-state index is 0.0282. The molecule has 1 heterocycles. The average molecular weight is 262 g/mol. The van der Waals surface area contributed by atoms with Gasteiger partial charge in [0, 0.05) is 12.5 Å². The molecule has 0 fully saturated rings. The number of aromatic nitrogens is 4. The second kappa shape index (κ2) is 6.26. The highest BCUT2D eigenvalue weighted by Crippen LogP contribution is 2.19. The van der Waals surface area contributed by atoms with E-state index in [2.05, 4.69) is 20.8 Å². The predicted octanol–water partition coefficient (Wildman–Crippen LogP) is -0.164. The first-order valence-corrected chi connectivity index (χ1v) is 6.04. The van der Waals surface area contributed by atoms with Crippen molar-refractivity contribution in [2.24, 2.45) is 12.9 Å². The number of rotatable bonds is 6. The third kappa shape index (κ3) is 3.49. The fourth-order valence-electron chi connectivity index (χ4n) is 1.95. The van der Waals surface area contributed by atoms with Gasteiger partial charge in [-0.15, -0.1) is 10.2 Å². The molecule has 2 aromatic rings. The molecule has 0 amide bonds. The van der Waals surface area contributed by atoms with Crippen molar-refractivity contribution >= 4 is 0 Å². The summed E-state index contributed by atoms with van der Waals surface area (Å²) in [5.74, 6) is 7.12. The number of methoxy groups -OCH3 is 1. The first kappa shape index (κ1) is 13.4. The maximum Gasteiger partial charge on any atom is 0.176 e. The molecule has 0 aliphatic rings. The van der Waals surface area contributed by atoms with Gasteiger partial charge >= 0.3 is 0 Å². The molecule has 19 heavy (non-hydrogen) atoms. The summed E-state index contributed by atoms with van der Waals surface area (Å²) in [6, 6.07) is 7.90. The quantitative estimate of drug-likeness (QED) is 0.555. The topological polar surface area (TPSA) is 90.9 Å². The van der Waals surface area contributed by atoms with Gasteiger partial charge in [0.2, 0.25) is 0 Å². The Balaban J connectivity index is 2.06. The van der Waals surface area contributed by atoms with E-state index in [4.69, 9.17) is 10.6 Å². The maximum atomic E-state index is 5.59. The van der Waals surface area contributed by atoms with Crippen LogP contribution in [0.2, 0.25) is 0 Å². The van der Waals surface area contributed by atoms with Crippen LogP contribution in [-0.4, -0.2) is 33.4 Å². The molecule has 3 N–H and O–H groups in total. The Bertz CT molecular complexity index is 526. The van der Waals surface area contributed by atoms with Crippen LogP contribution in [0, 0.1) is 0 Å². The van der Waals surface area contributed by atoms with Crippen molar-refractivity contribution in [2.45, 2.75) is 18.9 Å². The maximum absolute atomic E-state index is 5.59. The molecular formula is C12H18N6O. The Morgan fingerprint density at radius 2 is 2.16 bits per heavy atom. The predicted molar refractivity (Wildman–Crippen MR) is 70.3 cm³/mol. The summed E-state index contributed by atoms with van der Waals surface area (Å²) >= 11 is 0. The molecule has 0 saturated carbocycles. The number of tetrazole rings is 1. The lowest BCUT2D eigenvalue weighted by molar-refractivity contribution is 0.404. The minimum absolute atomic E-state index is 0.0282. The lowest BCUT2D eigenvalue weighted by Crippen LogP contribution is -2.38. The molecule has 1 atom stereocenters. The second-order valence-electron chi connectivity index (χ2n) is 4.28. The van der Waals surface area contributed by atoms with Crippen molar-refractivity contribution in [3.05, 3.63) is 35.7 Å². The van der Waals surface area contributed by atoms with Crippen molar-refractivity contribution < 1.29 is 4.74 Å². The molecule has 0 bridgehead atoms. The molecule has 102 valence electrons. The Hall–Kier alpha value is -1.99. The van der Waals surface area contributed by atoms with Crippen LogP contribution in [0.3, 0.4) is 0 Å². The Morgan fingerprint density at radius 1 is 1.37 bits per heavy atom. The normalized spacial score (nSPS) is 12.4. The first-order chi connectivity index (χ1) is 9.22. The molecule has 2 rings (SSSR count). The second-order valence-corrected chi connectivity index (χ2v) is 4.28.